The lowest BCUT2D eigenvalue weighted by Gasteiger charge is -2.14. The summed E-state index contributed by atoms with van der Waals surface area (Å²) in [6.07, 6.45) is 1.43. The minimum Gasteiger partial charge on any atom is -0.399 e. The van der Waals surface area contributed by atoms with Gasteiger partial charge in [-0.15, -0.1) is 0 Å². The van der Waals surface area contributed by atoms with Crippen molar-refractivity contribution in [1.29, 1.82) is 0 Å². The van der Waals surface area contributed by atoms with Gasteiger partial charge in [0.15, 0.2) is 9.84 Å². The standard InChI is InChI=1S/C13H19FN2O3S/c1-3-11(4-2)16-13(17)8-20(18,19)12-6-9(14)5-10(15)7-12/h5-7,11H,3-4,8,15H2,1-2H3,(H,16,17). The van der Waals surface area contributed by atoms with E-state index in [4.69, 9.17) is 5.73 Å². The quantitative estimate of drug-likeness (QED) is 0.779. The van der Waals surface area contributed by atoms with Crippen molar-refractivity contribution < 1.29 is 17.6 Å². The van der Waals surface area contributed by atoms with Crippen LogP contribution in [0.4, 0.5) is 10.1 Å². The smallest absolute Gasteiger partial charge is 0.235 e. The number of carbonyl (C=O) groups is 1. The monoisotopic (exact) mass is 302 g/mol. The lowest BCUT2D eigenvalue weighted by atomic mass is 10.2. The van der Waals surface area contributed by atoms with Crippen molar-refractivity contribution in [3.63, 3.8) is 0 Å². The van der Waals surface area contributed by atoms with E-state index in [0.717, 1.165) is 31.0 Å². The van der Waals surface area contributed by atoms with Crippen LogP contribution in [0.1, 0.15) is 26.7 Å². The molecule has 0 aliphatic carbocycles. The summed E-state index contributed by atoms with van der Waals surface area (Å²) >= 11 is 0. The Morgan fingerprint density at radius 2 is 1.90 bits per heavy atom. The first-order chi connectivity index (χ1) is 9.28. The largest absolute Gasteiger partial charge is 0.399 e. The maximum atomic E-state index is 13.2. The average molecular weight is 302 g/mol. The number of benzene rings is 1. The molecule has 112 valence electrons. The van der Waals surface area contributed by atoms with Gasteiger partial charge in [0, 0.05) is 11.7 Å². The Bertz CT molecular complexity index is 563. The molecule has 1 aromatic rings. The molecule has 7 heteroatoms. The molecule has 0 spiro atoms. The summed E-state index contributed by atoms with van der Waals surface area (Å²) in [6.45, 7) is 3.80. The molecule has 0 heterocycles. The van der Waals surface area contributed by atoms with Gasteiger partial charge in [-0.2, -0.15) is 0 Å². The molecule has 1 amide bonds. The van der Waals surface area contributed by atoms with Gasteiger partial charge in [0.1, 0.15) is 11.6 Å². The predicted octanol–water partition coefficient (Wildman–Crippen LogP) is 1.49. The molecule has 0 aliphatic heterocycles. The Balaban J connectivity index is 2.87. The van der Waals surface area contributed by atoms with Crippen LogP contribution in [0.15, 0.2) is 23.1 Å². The number of rotatable bonds is 6. The summed E-state index contributed by atoms with van der Waals surface area (Å²) < 4.78 is 37.2. The normalized spacial score (nSPS) is 11.6. The van der Waals surface area contributed by atoms with Crippen molar-refractivity contribution in [3.8, 4) is 0 Å². The van der Waals surface area contributed by atoms with Crippen LogP contribution in [-0.2, 0) is 14.6 Å². The fraction of sp³-hybridized carbons (Fsp3) is 0.462. The van der Waals surface area contributed by atoms with Gasteiger partial charge in [0.05, 0.1) is 4.90 Å². The Morgan fingerprint density at radius 1 is 1.30 bits per heavy atom. The van der Waals surface area contributed by atoms with Gasteiger partial charge in [-0.1, -0.05) is 13.8 Å². The SMILES string of the molecule is CCC(CC)NC(=O)CS(=O)(=O)c1cc(N)cc(F)c1. The molecule has 1 rings (SSSR count). The van der Waals surface area contributed by atoms with Crippen molar-refractivity contribution in [2.75, 3.05) is 11.5 Å². The van der Waals surface area contributed by atoms with Crippen molar-refractivity contribution in [1.82, 2.24) is 5.32 Å². The van der Waals surface area contributed by atoms with Crippen molar-refractivity contribution >= 4 is 21.4 Å². The molecule has 20 heavy (non-hydrogen) atoms. The van der Waals surface area contributed by atoms with E-state index >= 15 is 0 Å². The third-order valence-corrected chi connectivity index (χ3v) is 4.52. The van der Waals surface area contributed by atoms with Gasteiger partial charge in [0.25, 0.3) is 0 Å². The zero-order valence-corrected chi connectivity index (χ0v) is 12.3. The second kappa shape index (κ2) is 6.69. The minimum atomic E-state index is -3.90. The number of nitrogens with one attached hydrogen (secondary N) is 1. The maximum Gasteiger partial charge on any atom is 0.235 e. The summed E-state index contributed by atoms with van der Waals surface area (Å²) in [4.78, 5) is 11.4. The molecular weight excluding hydrogens is 283 g/mol. The van der Waals surface area contributed by atoms with Gasteiger partial charge in [0.2, 0.25) is 5.91 Å². The van der Waals surface area contributed by atoms with Crippen LogP contribution < -0.4 is 11.1 Å². The number of hydrogen-bond acceptors (Lipinski definition) is 4. The summed E-state index contributed by atoms with van der Waals surface area (Å²) in [7, 11) is -3.90. The van der Waals surface area contributed by atoms with E-state index in [1.165, 1.54) is 0 Å². The second-order valence-electron chi connectivity index (χ2n) is 4.56. The minimum absolute atomic E-state index is 0.00368. The van der Waals surface area contributed by atoms with Crippen LogP contribution in [0.3, 0.4) is 0 Å². The Morgan fingerprint density at radius 3 is 2.40 bits per heavy atom. The van der Waals surface area contributed by atoms with Crippen LogP contribution in [0.2, 0.25) is 0 Å². The Kier molecular flexibility index (Phi) is 5.50. The Hall–Kier alpha value is -1.63. The van der Waals surface area contributed by atoms with Crippen LogP contribution in [0.5, 0.6) is 0 Å². The fourth-order valence-electron chi connectivity index (χ4n) is 1.78. The molecule has 0 unspecified atom stereocenters. The van der Waals surface area contributed by atoms with E-state index < -0.39 is 27.3 Å². The number of amides is 1. The lowest BCUT2D eigenvalue weighted by Crippen LogP contribution is -2.37. The highest BCUT2D eigenvalue weighted by Gasteiger charge is 2.21. The summed E-state index contributed by atoms with van der Waals surface area (Å²) in [6, 6.07) is 2.96. The first-order valence-electron chi connectivity index (χ1n) is 6.36. The molecule has 0 fully saturated rings. The van der Waals surface area contributed by atoms with Gasteiger partial charge in [-0.05, 0) is 31.0 Å². The predicted molar refractivity (Wildman–Crippen MR) is 75.4 cm³/mol. The molecule has 0 atom stereocenters. The first-order valence-corrected chi connectivity index (χ1v) is 8.02. The molecular formula is C13H19FN2O3S. The van der Waals surface area contributed by atoms with Crippen molar-refractivity contribution in [2.24, 2.45) is 0 Å². The third kappa shape index (κ3) is 4.48. The number of carbonyl (C=O) groups excluding carboxylic acids is 1. The zero-order valence-electron chi connectivity index (χ0n) is 11.5. The molecule has 0 saturated heterocycles. The highest BCUT2D eigenvalue weighted by Crippen LogP contribution is 2.17. The van der Waals surface area contributed by atoms with Gasteiger partial charge >= 0.3 is 0 Å². The van der Waals surface area contributed by atoms with Crippen LogP contribution >= 0.6 is 0 Å². The number of anilines is 1. The van der Waals surface area contributed by atoms with Gasteiger partial charge in [-0.25, -0.2) is 12.8 Å². The number of nitrogen functional groups attached to an aromatic ring is 1. The van der Waals surface area contributed by atoms with Crippen LogP contribution in [0.25, 0.3) is 0 Å². The summed E-state index contributed by atoms with van der Waals surface area (Å²) in [5, 5.41) is 2.63. The first kappa shape index (κ1) is 16.4. The summed E-state index contributed by atoms with van der Waals surface area (Å²) in [5.41, 5.74) is 5.41. The van der Waals surface area contributed by atoms with Crippen LogP contribution in [0, 0.1) is 5.82 Å². The van der Waals surface area contributed by atoms with E-state index in [1.54, 1.807) is 0 Å². The lowest BCUT2D eigenvalue weighted by molar-refractivity contribution is -0.119. The zero-order chi connectivity index (χ0) is 15.3. The molecule has 1 aromatic carbocycles. The highest BCUT2D eigenvalue weighted by molar-refractivity contribution is 7.92. The molecule has 3 N–H and O–H groups in total. The van der Waals surface area contributed by atoms with Gasteiger partial charge < -0.3 is 11.1 Å². The van der Waals surface area contributed by atoms with E-state index in [2.05, 4.69) is 5.32 Å². The van der Waals surface area contributed by atoms with Crippen molar-refractivity contribution in [2.45, 2.75) is 37.6 Å². The van der Waals surface area contributed by atoms with E-state index in [-0.39, 0.29) is 16.6 Å². The molecule has 5 nitrogen and oxygen atoms in total. The molecule has 0 saturated carbocycles. The number of hydrogen-bond donors (Lipinski definition) is 2. The highest BCUT2D eigenvalue weighted by atomic mass is 32.2. The fourth-order valence-corrected chi connectivity index (χ4v) is 2.98. The average Bonchev–Trinajstić information content (AvgIpc) is 2.34. The van der Waals surface area contributed by atoms with E-state index in [0.29, 0.717) is 0 Å². The summed E-state index contributed by atoms with van der Waals surface area (Å²) in [5.74, 6) is -2.06. The third-order valence-electron chi connectivity index (χ3n) is 2.92. The number of nitrogens with two attached hydrogens (primary N) is 1. The Labute approximate surface area is 118 Å². The van der Waals surface area contributed by atoms with E-state index in [9.17, 15) is 17.6 Å². The maximum absolute atomic E-state index is 13.2. The molecule has 0 bridgehead atoms. The number of halogens is 1. The van der Waals surface area contributed by atoms with Crippen molar-refractivity contribution in [3.05, 3.63) is 24.0 Å². The van der Waals surface area contributed by atoms with Crippen LogP contribution in [-0.4, -0.2) is 26.1 Å². The topological polar surface area (TPSA) is 89.3 Å². The van der Waals surface area contributed by atoms with Gasteiger partial charge in [-0.3, -0.25) is 4.79 Å². The molecule has 0 radical (unpaired) electrons. The number of sulfone groups is 1. The molecule has 0 aliphatic rings. The van der Waals surface area contributed by atoms with E-state index in [1.807, 2.05) is 13.8 Å². The second-order valence-corrected chi connectivity index (χ2v) is 6.55. The molecule has 0 aromatic heterocycles.